The number of esters is 1. The number of benzene rings is 2. The summed E-state index contributed by atoms with van der Waals surface area (Å²) in [5, 5.41) is 5.72. The number of halogens is 3. The smallest absolute Gasteiger partial charge is 0.435 e. The predicted molar refractivity (Wildman–Crippen MR) is 113 cm³/mol. The highest BCUT2D eigenvalue weighted by Gasteiger charge is 2.36. The van der Waals surface area contributed by atoms with Crippen molar-refractivity contribution in [3.05, 3.63) is 65.7 Å². The van der Waals surface area contributed by atoms with Crippen LogP contribution in [-0.2, 0) is 11.0 Å². The molecule has 0 saturated heterocycles. The minimum absolute atomic E-state index is 0.198. The Kier molecular flexibility index (Phi) is 5.70. The third kappa shape index (κ3) is 4.35. The fourth-order valence-electron chi connectivity index (χ4n) is 3.09. The van der Waals surface area contributed by atoms with E-state index in [4.69, 9.17) is 9.47 Å². The molecule has 10 heteroatoms. The van der Waals surface area contributed by atoms with Gasteiger partial charge in [-0.25, -0.2) is 9.67 Å². The van der Waals surface area contributed by atoms with Gasteiger partial charge in [0.2, 0.25) is 5.13 Å². The molecule has 0 saturated carbocycles. The van der Waals surface area contributed by atoms with Crippen molar-refractivity contribution in [3.8, 4) is 39.1 Å². The molecule has 0 aliphatic carbocycles. The third-order valence-corrected chi connectivity index (χ3v) is 5.26. The largest absolute Gasteiger partial charge is 0.496 e. The topological polar surface area (TPSA) is 66.2 Å². The Morgan fingerprint density at radius 3 is 2.59 bits per heavy atom. The maximum Gasteiger partial charge on any atom is 0.435 e. The zero-order valence-electron chi connectivity index (χ0n) is 16.9. The number of aromatic nitrogens is 3. The van der Waals surface area contributed by atoms with E-state index in [9.17, 15) is 18.0 Å². The monoisotopic (exact) mass is 459 g/mol. The van der Waals surface area contributed by atoms with Gasteiger partial charge < -0.3 is 9.47 Å². The number of hydrogen-bond donors (Lipinski definition) is 0. The van der Waals surface area contributed by atoms with Crippen molar-refractivity contribution in [1.29, 1.82) is 0 Å². The van der Waals surface area contributed by atoms with Crippen LogP contribution < -0.4 is 9.47 Å². The minimum Gasteiger partial charge on any atom is -0.496 e. The van der Waals surface area contributed by atoms with Gasteiger partial charge in [0, 0.05) is 23.4 Å². The van der Waals surface area contributed by atoms with Gasteiger partial charge in [-0.3, -0.25) is 4.79 Å². The first-order chi connectivity index (χ1) is 15.3. The molecule has 0 fully saturated rings. The molecule has 2 heterocycles. The van der Waals surface area contributed by atoms with Gasteiger partial charge in [0.15, 0.2) is 5.69 Å². The zero-order valence-corrected chi connectivity index (χ0v) is 17.7. The number of hydrogen-bond acceptors (Lipinski definition) is 6. The molecule has 0 atom stereocenters. The quantitative estimate of drug-likeness (QED) is 0.286. The van der Waals surface area contributed by atoms with Crippen molar-refractivity contribution in [1.82, 2.24) is 14.8 Å². The number of para-hydroxylation sites is 1. The van der Waals surface area contributed by atoms with Gasteiger partial charge in [-0.1, -0.05) is 24.3 Å². The van der Waals surface area contributed by atoms with Crippen LogP contribution in [0.15, 0.2) is 60.0 Å². The Balaban J connectivity index is 1.80. The second kappa shape index (κ2) is 8.46. The number of rotatable bonds is 5. The second-order valence-corrected chi connectivity index (χ2v) is 7.50. The van der Waals surface area contributed by atoms with E-state index in [1.165, 1.54) is 14.0 Å². The van der Waals surface area contributed by atoms with Gasteiger partial charge in [0.25, 0.3) is 0 Å². The van der Waals surface area contributed by atoms with Gasteiger partial charge in [0.05, 0.1) is 18.5 Å². The summed E-state index contributed by atoms with van der Waals surface area (Å²) in [6.45, 7) is 1.29. The van der Waals surface area contributed by atoms with Crippen LogP contribution in [0.3, 0.4) is 0 Å². The molecule has 0 N–H and O–H groups in total. The number of alkyl halides is 3. The lowest BCUT2D eigenvalue weighted by atomic mass is 10.1. The number of thiazole rings is 1. The van der Waals surface area contributed by atoms with Crippen molar-refractivity contribution < 1.29 is 27.4 Å². The summed E-state index contributed by atoms with van der Waals surface area (Å²) < 4.78 is 51.9. The lowest BCUT2D eigenvalue weighted by molar-refractivity contribution is -0.141. The Morgan fingerprint density at radius 2 is 1.88 bits per heavy atom. The van der Waals surface area contributed by atoms with Crippen molar-refractivity contribution in [3.63, 3.8) is 0 Å². The van der Waals surface area contributed by atoms with E-state index in [2.05, 4.69) is 10.1 Å². The molecule has 0 radical (unpaired) electrons. The summed E-state index contributed by atoms with van der Waals surface area (Å²) in [5.74, 6) is 0.296. The van der Waals surface area contributed by atoms with Crippen LogP contribution in [0.5, 0.6) is 11.5 Å². The van der Waals surface area contributed by atoms with E-state index < -0.39 is 17.8 Å². The van der Waals surface area contributed by atoms with Gasteiger partial charge in [0.1, 0.15) is 11.5 Å². The average Bonchev–Trinajstić information content (AvgIpc) is 3.40. The van der Waals surface area contributed by atoms with Crippen molar-refractivity contribution in [2.45, 2.75) is 13.1 Å². The maximum atomic E-state index is 13.4. The van der Waals surface area contributed by atoms with E-state index in [0.717, 1.165) is 22.1 Å². The lowest BCUT2D eigenvalue weighted by Gasteiger charge is -2.09. The van der Waals surface area contributed by atoms with E-state index >= 15 is 0 Å². The average molecular weight is 459 g/mol. The van der Waals surface area contributed by atoms with Gasteiger partial charge in [-0.15, -0.1) is 11.3 Å². The molecule has 0 unspecified atom stereocenters. The fraction of sp³-hybridized carbons (Fsp3) is 0.136. The molecule has 0 spiro atoms. The van der Waals surface area contributed by atoms with Gasteiger partial charge in [-0.05, 0) is 30.3 Å². The van der Waals surface area contributed by atoms with Crippen molar-refractivity contribution >= 4 is 17.3 Å². The van der Waals surface area contributed by atoms with Gasteiger partial charge in [-0.2, -0.15) is 18.3 Å². The van der Waals surface area contributed by atoms with Crippen LogP contribution in [0.25, 0.3) is 27.6 Å². The molecule has 2 aromatic carbocycles. The second-order valence-electron chi connectivity index (χ2n) is 6.66. The van der Waals surface area contributed by atoms with Crippen LogP contribution in [0.2, 0.25) is 0 Å². The van der Waals surface area contributed by atoms with Crippen LogP contribution in [0, 0.1) is 0 Å². The Morgan fingerprint density at radius 1 is 1.09 bits per heavy atom. The first-order valence-electron chi connectivity index (χ1n) is 9.31. The zero-order chi connectivity index (χ0) is 22.9. The van der Waals surface area contributed by atoms with Crippen LogP contribution in [-0.4, -0.2) is 27.8 Å². The van der Waals surface area contributed by atoms with Crippen molar-refractivity contribution in [2.75, 3.05) is 7.11 Å². The summed E-state index contributed by atoms with van der Waals surface area (Å²) in [4.78, 5) is 15.7. The summed E-state index contributed by atoms with van der Waals surface area (Å²) in [5.41, 5.74) is 0.769. The van der Waals surface area contributed by atoms with E-state index in [-0.39, 0.29) is 10.8 Å². The van der Waals surface area contributed by atoms with Crippen LogP contribution in [0.1, 0.15) is 12.6 Å². The summed E-state index contributed by atoms with van der Waals surface area (Å²) in [6, 6.07) is 14.4. The van der Waals surface area contributed by atoms with Gasteiger partial charge >= 0.3 is 12.1 Å². The number of nitrogens with zero attached hydrogens (tertiary/aromatic N) is 3. The van der Waals surface area contributed by atoms with E-state index in [1.807, 2.05) is 0 Å². The minimum atomic E-state index is -4.62. The first kappa shape index (κ1) is 21.6. The molecule has 2 aromatic heterocycles. The van der Waals surface area contributed by atoms with E-state index in [1.54, 1.807) is 53.9 Å². The SMILES string of the molecule is COc1ccccc1-c1cc(C(F)(F)F)nn1-c1nc(-c2cccc(OC(C)=O)c2)cs1. The maximum absolute atomic E-state index is 13.4. The highest BCUT2D eigenvalue weighted by atomic mass is 32.1. The third-order valence-electron chi connectivity index (χ3n) is 4.45. The molecule has 6 nitrogen and oxygen atoms in total. The number of carbonyl (C=O) groups excluding carboxylic acids is 1. The Hall–Kier alpha value is -3.66. The predicted octanol–water partition coefficient (Wildman–Crippen LogP) is 5.62. The Labute approximate surface area is 184 Å². The molecule has 0 amide bonds. The first-order valence-corrected chi connectivity index (χ1v) is 10.2. The summed E-state index contributed by atoms with van der Waals surface area (Å²) in [7, 11) is 1.45. The lowest BCUT2D eigenvalue weighted by Crippen LogP contribution is -2.07. The molecule has 4 rings (SSSR count). The molecular weight excluding hydrogens is 443 g/mol. The molecule has 0 aliphatic rings. The number of ether oxygens (including phenoxy) is 2. The number of methoxy groups -OCH3 is 1. The number of carbonyl (C=O) groups is 1. The molecule has 4 aromatic rings. The standard InChI is InChI=1S/C22H16F3N3O3S/c1-13(29)31-15-7-5-6-14(10-15)17-12-32-21(26-17)28-18(11-20(27-28)22(23,24)25)16-8-3-4-9-19(16)30-2/h3-12H,1-2H3. The molecule has 164 valence electrons. The summed E-state index contributed by atoms with van der Waals surface area (Å²) in [6.07, 6.45) is -4.62. The highest BCUT2D eigenvalue weighted by Crippen LogP contribution is 2.37. The fourth-order valence-corrected chi connectivity index (χ4v) is 3.89. The molecule has 0 aliphatic heterocycles. The van der Waals surface area contributed by atoms with Crippen LogP contribution >= 0.6 is 11.3 Å². The molecular formula is C22H16F3N3O3S. The molecule has 32 heavy (non-hydrogen) atoms. The normalized spacial score (nSPS) is 11.4. The van der Waals surface area contributed by atoms with Crippen LogP contribution in [0.4, 0.5) is 13.2 Å². The van der Waals surface area contributed by atoms with E-state index in [0.29, 0.717) is 28.3 Å². The Bertz CT molecular complexity index is 1280. The highest BCUT2D eigenvalue weighted by molar-refractivity contribution is 7.12. The molecule has 0 bridgehead atoms. The summed E-state index contributed by atoms with van der Waals surface area (Å²) >= 11 is 1.14. The van der Waals surface area contributed by atoms with Crippen molar-refractivity contribution in [2.24, 2.45) is 0 Å².